The monoisotopic (exact) mass is 295 g/mol. The second-order valence-corrected chi connectivity index (χ2v) is 5.50. The highest BCUT2D eigenvalue weighted by atomic mass is 32.1. The van der Waals surface area contributed by atoms with Gasteiger partial charge < -0.3 is 0 Å². The molecule has 0 amide bonds. The first-order valence-electron chi connectivity index (χ1n) is 6.19. The van der Waals surface area contributed by atoms with Gasteiger partial charge in [-0.25, -0.2) is 8.78 Å². The van der Waals surface area contributed by atoms with Gasteiger partial charge in [0.05, 0.1) is 6.04 Å². The molecule has 5 heteroatoms. The molecule has 20 heavy (non-hydrogen) atoms. The van der Waals surface area contributed by atoms with E-state index in [1.54, 1.807) is 18.3 Å². The van der Waals surface area contributed by atoms with E-state index in [1.165, 1.54) is 6.07 Å². The number of ketones is 1. The van der Waals surface area contributed by atoms with Gasteiger partial charge in [-0.3, -0.25) is 9.69 Å². The lowest BCUT2D eigenvalue weighted by molar-refractivity contribution is 0.0861. The van der Waals surface area contributed by atoms with E-state index in [9.17, 15) is 13.6 Å². The maximum absolute atomic E-state index is 13.2. The minimum Gasteiger partial charge on any atom is -0.292 e. The summed E-state index contributed by atoms with van der Waals surface area (Å²) in [6, 6.07) is 4.84. The molecule has 0 saturated heterocycles. The van der Waals surface area contributed by atoms with Crippen LogP contribution in [0.3, 0.4) is 0 Å². The number of benzene rings is 1. The number of hydrogen-bond acceptors (Lipinski definition) is 3. The lowest BCUT2D eigenvalue weighted by Crippen LogP contribution is -2.35. The Labute approximate surface area is 120 Å². The molecule has 106 valence electrons. The molecule has 0 spiro atoms. The van der Waals surface area contributed by atoms with Crippen molar-refractivity contribution >= 4 is 17.1 Å². The zero-order valence-corrected chi connectivity index (χ0v) is 12.1. The molecule has 0 radical (unpaired) electrons. The molecule has 1 atom stereocenters. The van der Waals surface area contributed by atoms with E-state index >= 15 is 0 Å². The van der Waals surface area contributed by atoms with Gasteiger partial charge in [0.25, 0.3) is 0 Å². The van der Waals surface area contributed by atoms with Gasteiger partial charge in [0.2, 0.25) is 0 Å². The van der Waals surface area contributed by atoms with Crippen LogP contribution in [0, 0.1) is 11.6 Å². The van der Waals surface area contributed by atoms with Gasteiger partial charge >= 0.3 is 0 Å². The van der Waals surface area contributed by atoms with Crippen molar-refractivity contribution < 1.29 is 13.6 Å². The average Bonchev–Trinajstić information content (AvgIpc) is 2.93. The van der Waals surface area contributed by atoms with E-state index in [-0.39, 0.29) is 11.3 Å². The zero-order valence-electron chi connectivity index (χ0n) is 11.3. The van der Waals surface area contributed by atoms with E-state index in [1.807, 2.05) is 28.8 Å². The number of nitrogens with zero attached hydrogens (tertiary/aromatic N) is 1. The molecule has 2 rings (SSSR count). The first-order chi connectivity index (χ1) is 9.49. The fraction of sp³-hybridized carbons (Fsp3) is 0.267. The van der Waals surface area contributed by atoms with Crippen molar-refractivity contribution in [3.8, 4) is 0 Å². The first kappa shape index (κ1) is 14.8. The van der Waals surface area contributed by atoms with Gasteiger partial charge in [-0.15, -0.1) is 0 Å². The first-order valence-corrected chi connectivity index (χ1v) is 7.14. The lowest BCUT2D eigenvalue weighted by atomic mass is 10.0. The van der Waals surface area contributed by atoms with Crippen molar-refractivity contribution in [2.24, 2.45) is 0 Å². The summed E-state index contributed by atoms with van der Waals surface area (Å²) >= 11 is 1.60. The predicted octanol–water partition coefficient (Wildman–Crippen LogP) is 3.73. The third-order valence-electron chi connectivity index (χ3n) is 3.26. The molecule has 1 aromatic carbocycles. The van der Waals surface area contributed by atoms with Crippen LogP contribution >= 0.6 is 11.3 Å². The maximum atomic E-state index is 13.2. The highest BCUT2D eigenvalue weighted by Crippen LogP contribution is 2.15. The Hall–Kier alpha value is -1.59. The van der Waals surface area contributed by atoms with Crippen LogP contribution in [0.1, 0.15) is 22.8 Å². The fourth-order valence-corrected chi connectivity index (χ4v) is 2.56. The van der Waals surface area contributed by atoms with Gasteiger partial charge in [-0.1, -0.05) is 0 Å². The Bertz CT molecular complexity index is 598. The fourth-order valence-electron chi connectivity index (χ4n) is 1.90. The molecule has 1 heterocycles. The third-order valence-corrected chi connectivity index (χ3v) is 3.99. The Balaban J connectivity index is 2.09. The maximum Gasteiger partial charge on any atom is 0.179 e. The summed E-state index contributed by atoms with van der Waals surface area (Å²) in [6.07, 6.45) is 0. The summed E-state index contributed by atoms with van der Waals surface area (Å²) in [5, 5.41) is 4.00. The normalized spacial score (nSPS) is 12.7. The van der Waals surface area contributed by atoms with Crippen LogP contribution in [0.2, 0.25) is 0 Å². The van der Waals surface area contributed by atoms with E-state index in [0.29, 0.717) is 6.54 Å². The average molecular weight is 295 g/mol. The molecule has 0 aliphatic rings. The molecule has 0 bridgehead atoms. The molecule has 1 aromatic heterocycles. The number of thiophene rings is 1. The molecular weight excluding hydrogens is 280 g/mol. The zero-order chi connectivity index (χ0) is 14.7. The van der Waals surface area contributed by atoms with Gasteiger partial charge in [0, 0.05) is 12.1 Å². The topological polar surface area (TPSA) is 20.3 Å². The molecule has 0 fully saturated rings. The molecule has 0 aliphatic heterocycles. The van der Waals surface area contributed by atoms with Gasteiger partial charge in [0.1, 0.15) is 0 Å². The van der Waals surface area contributed by atoms with E-state index in [2.05, 4.69) is 0 Å². The van der Waals surface area contributed by atoms with Gasteiger partial charge in [0.15, 0.2) is 17.4 Å². The summed E-state index contributed by atoms with van der Waals surface area (Å²) in [6.45, 7) is 2.40. The Morgan fingerprint density at radius 1 is 1.30 bits per heavy atom. The van der Waals surface area contributed by atoms with Gasteiger partial charge in [-0.2, -0.15) is 11.3 Å². The number of halogens is 2. The Kier molecular flexibility index (Phi) is 4.62. The molecule has 2 nitrogen and oxygen atoms in total. The molecule has 0 saturated carbocycles. The highest BCUT2D eigenvalue weighted by molar-refractivity contribution is 7.07. The number of rotatable bonds is 5. The van der Waals surface area contributed by atoms with Crippen LogP contribution in [0.15, 0.2) is 35.0 Å². The van der Waals surface area contributed by atoms with Crippen LogP contribution in [0.5, 0.6) is 0 Å². The number of carbonyl (C=O) groups is 1. The van der Waals surface area contributed by atoms with Crippen LogP contribution in [-0.4, -0.2) is 23.8 Å². The van der Waals surface area contributed by atoms with Crippen LogP contribution in [0.25, 0.3) is 0 Å². The molecule has 1 unspecified atom stereocenters. The SMILES string of the molecule is CC(C(=O)c1ccc(F)c(F)c1)N(C)Cc1ccsc1. The van der Waals surface area contributed by atoms with Crippen LogP contribution < -0.4 is 0 Å². The van der Waals surface area contributed by atoms with E-state index in [4.69, 9.17) is 0 Å². The Morgan fingerprint density at radius 2 is 2.05 bits per heavy atom. The Morgan fingerprint density at radius 3 is 2.65 bits per heavy atom. The lowest BCUT2D eigenvalue weighted by Gasteiger charge is -2.23. The molecule has 2 aromatic rings. The van der Waals surface area contributed by atoms with Crippen molar-refractivity contribution in [3.05, 3.63) is 57.8 Å². The minimum atomic E-state index is -0.997. The smallest absolute Gasteiger partial charge is 0.179 e. The summed E-state index contributed by atoms with van der Waals surface area (Å²) in [4.78, 5) is 14.1. The van der Waals surface area contributed by atoms with E-state index in [0.717, 1.165) is 17.7 Å². The molecule has 0 N–H and O–H groups in total. The van der Waals surface area contributed by atoms with Crippen molar-refractivity contribution in [1.29, 1.82) is 0 Å². The minimum absolute atomic E-state index is 0.188. The largest absolute Gasteiger partial charge is 0.292 e. The standard InChI is InChI=1S/C15H15F2NOS/c1-10(18(2)8-11-5-6-20-9-11)15(19)12-3-4-13(16)14(17)7-12/h3-7,9-10H,8H2,1-2H3. The van der Waals surface area contributed by atoms with Crippen molar-refractivity contribution in [3.63, 3.8) is 0 Å². The van der Waals surface area contributed by atoms with Gasteiger partial charge in [-0.05, 0) is 54.6 Å². The second kappa shape index (κ2) is 6.24. The quantitative estimate of drug-likeness (QED) is 0.783. The van der Waals surface area contributed by atoms with Crippen molar-refractivity contribution in [2.75, 3.05) is 7.05 Å². The third kappa shape index (κ3) is 3.29. The molecular formula is C15H15F2NOS. The van der Waals surface area contributed by atoms with E-state index < -0.39 is 17.7 Å². The van der Waals surface area contributed by atoms with Crippen molar-refractivity contribution in [1.82, 2.24) is 4.90 Å². The summed E-state index contributed by atoms with van der Waals surface area (Å²) in [5.74, 6) is -2.16. The number of carbonyl (C=O) groups excluding carboxylic acids is 1. The molecule has 0 aliphatic carbocycles. The number of Topliss-reactive ketones (excluding diaryl/α,β-unsaturated/α-hetero) is 1. The second-order valence-electron chi connectivity index (χ2n) is 4.72. The van der Waals surface area contributed by atoms with Crippen LogP contribution in [-0.2, 0) is 6.54 Å². The van der Waals surface area contributed by atoms with Crippen molar-refractivity contribution in [2.45, 2.75) is 19.5 Å². The van der Waals surface area contributed by atoms with Crippen LogP contribution in [0.4, 0.5) is 8.78 Å². The number of hydrogen-bond donors (Lipinski definition) is 0. The summed E-state index contributed by atoms with van der Waals surface area (Å²) < 4.78 is 26.0. The predicted molar refractivity (Wildman–Crippen MR) is 75.9 cm³/mol. The summed E-state index contributed by atoms with van der Waals surface area (Å²) in [5.41, 5.74) is 1.32. The number of likely N-dealkylation sites (N-methyl/N-ethyl adjacent to an activating group) is 1. The summed E-state index contributed by atoms with van der Waals surface area (Å²) in [7, 11) is 1.83. The highest BCUT2D eigenvalue weighted by Gasteiger charge is 2.20.